The molecule has 1 fully saturated rings. The molecule has 22 heavy (non-hydrogen) atoms. The average molecular weight is 307 g/mol. The first-order valence-electron chi connectivity index (χ1n) is 6.66. The lowest BCUT2D eigenvalue weighted by atomic mass is 10.0. The van der Waals surface area contributed by atoms with E-state index in [4.69, 9.17) is 9.47 Å². The molecule has 1 aromatic rings. The summed E-state index contributed by atoms with van der Waals surface area (Å²) in [4.78, 5) is 34.6. The van der Waals surface area contributed by atoms with Crippen molar-refractivity contribution in [1.29, 1.82) is 0 Å². The first-order valence-corrected chi connectivity index (χ1v) is 6.66. The van der Waals surface area contributed by atoms with Gasteiger partial charge in [0.25, 0.3) is 11.8 Å². The Labute approximate surface area is 127 Å². The molecule has 1 saturated heterocycles. The Morgan fingerprint density at radius 3 is 2.36 bits per heavy atom. The number of carbonyl (C=O) groups is 3. The summed E-state index contributed by atoms with van der Waals surface area (Å²) in [5.74, 6) is -0.890. The minimum atomic E-state index is -0.823. The summed E-state index contributed by atoms with van der Waals surface area (Å²) >= 11 is 0. The van der Waals surface area contributed by atoms with E-state index in [0.29, 0.717) is 17.2 Å². The van der Waals surface area contributed by atoms with Gasteiger partial charge in [-0.15, -0.1) is 0 Å². The molecule has 1 heterocycles. The molecule has 0 radical (unpaired) electrons. The first-order chi connectivity index (χ1) is 10.5. The minimum absolute atomic E-state index is 0.0554. The van der Waals surface area contributed by atoms with E-state index in [2.05, 4.69) is 16.2 Å². The van der Waals surface area contributed by atoms with Crippen molar-refractivity contribution < 1.29 is 23.9 Å². The maximum atomic E-state index is 11.9. The third-order valence-electron chi connectivity index (χ3n) is 3.27. The van der Waals surface area contributed by atoms with Gasteiger partial charge in [0.05, 0.1) is 14.2 Å². The number of nitrogens with one attached hydrogen (secondary N) is 3. The molecule has 3 N–H and O–H groups in total. The van der Waals surface area contributed by atoms with Crippen LogP contribution >= 0.6 is 0 Å². The Hall–Kier alpha value is -2.77. The second-order valence-corrected chi connectivity index (χ2v) is 4.69. The van der Waals surface area contributed by atoms with E-state index in [9.17, 15) is 14.4 Å². The second-order valence-electron chi connectivity index (χ2n) is 4.69. The van der Waals surface area contributed by atoms with Crippen molar-refractivity contribution in [2.24, 2.45) is 5.92 Å². The lowest BCUT2D eigenvalue weighted by molar-refractivity contribution is -0.128. The van der Waals surface area contributed by atoms with Gasteiger partial charge in [0.1, 0.15) is 5.92 Å². The van der Waals surface area contributed by atoms with E-state index < -0.39 is 17.7 Å². The average Bonchev–Trinajstić information content (AvgIpc) is 2.83. The van der Waals surface area contributed by atoms with Gasteiger partial charge in [0, 0.05) is 18.2 Å². The van der Waals surface area contributed by atoms with E-state index in [1.54, 1.807) is 18.2 Å². The van der Waals surface area contributed by atoms with Crippen LogP contribution in [0.2, 0.25) is 0 Å². The topological polar surface area (TPSA) is 106 Å². The normalized spacial score (nSPS) is 14.3. The molecule has 3 amide bonds. The molecule has 8 nitrogen and oxygen atoms in total. The van der Waals surface area contributed by atoms with Gasteiger partial charge in [-0.25, -0.2) is 0 Å². The molecular weight excluding hydrogens is 290 g/mol. The molecule has 0 spiro atoms. The number of carbonyl (C=O) groups excluding carboxylic acids is 3. The van der Waals surface area contributed by atoms with Gasteiger partial charge in [-0.2, -0.15) is 0 Å². The van der Waals surface area contributed by atoms with Gasteiger partial charge in [0.2, 0.25) is 5.91 Å². The zero-order chi connectivity index (χ0) is 16.1. The van der Waals surface area contributed by atoms with Crippen LogP contribution in [0.5, 0.6) is 11.5 Å². The number of methoxy groups -OCH3 is 2. The predicted molar refractivity (Wildman–Crippen MR) is 77.2 cm³/mol. The molecule has 0 aliphatic carbocycles. The molecule has 1 aliphatic rings. The van der Waals surface area contributed by atoms with Crippen molar-refractivity contribution in [1.82, 2.24) is 10.9 Å². The molecule has 0 bridgehead atoms. The summed E-state index contributed by atoms with van der Waals surface area (Å²) in [5.41, 5.74) is 4.98. The fourth-order valence-corrected chi connectivity index (χ4v) is 2.09. The van der Waals surface area contributed by atoms with Crippen LogP contribution in [0.25, 0.3) is 0 Å². The molecule has 1 aliphatic heterocycles. The first kappa shape index (κ1) is 15.6. The molecule has 0 unspecified atom stereocenters. The lowest BCUT2D eigenvalue weighted by Crippen LogP contribution is -2.28. The summed E-state index contributed by atoms with van der Waals surface area (Å²) in [6.07, 6.45) is 0.205. The Bertz CT molecular complexity index is 586. The van der Waals surface area contributed by atoms with Crippen LogP contribution in [0, 0.1) is 5.92 Å². The van der Waals surface area contributed by atoms with Crippen molar-refractivity contribution in [2.75, 3.05) is 19.5 Å². The number of anilines is 1. The fourth-order valence-electron chi connectivity index (χ4n) is 2.09. The second kappa shape index (κ2) is 6.79. The highest BCUT2D eigenvalue weighted by atomic mass is 16.5. The van der Waals surface area contributed by atoms with Gasteiger partial charge in [-0.05, 0) is 18.6 Å². The lowest BCUT2D eigenvalue weighted by Gasteiger charge is -2.11. The van der Waals surface area contributed by atoms with E-state index in [0.717, 1.165) is 0 Å². The van der Waals surface area contributed by atoms with Crippen molar-refractivity contribution >= 4 is 23.4 Å². The van der Waals surface area contributed by atoms with Crippen LogP contribution in [-0.4, -0.2) is 31.9 Å². The number of hydrogen-bond donors (Lipinski definition) is 3. The highest BCUT2D eigenvalue weighted by Gasteiger charge is 2.32. The third kappa shape index (κ3) is 3.46. The Morgan fingerprint density at radius 2 is 1.77 bits per heavy atom. The summed E-state index contributed by atoms with van der Waals surface area (Å²) in [6.45, 7) is 0. The van der Waals surface area contributed by atoms with E-state index in [1.807, 2.05) is 0 Å². The number of hydrogen-bond acceptors (Lipinski definition) is 5. The maximum Gasteiger partial charge on any atom is 0.251 e. The summed E-state index contributed by atoms with van der Waals surface area (Å²) < 4.78 is 10.3. The number of hydrazine groups is 1. The quantitative estimate of drug-likeness (QED) is 0.651. The zero-order valence-electron chi connectivity index (χ0n) is 12.3. The van der Waals surface area contributed by atoms with Crippen molar-refractivity contribution in [3.05, 3.63) is 18.2 Å². The van der Waals surface area contributed by atoms with Gasteiger partial charge in [-0.3, -0.25) is 25.2 Å². The molecular formula is C14H17N3O5. The Balaban J connectivity index is 1.92. The van der Waals surface area contributed by atoms with Crippen LogP contribution in [0.15, 0.2) is 18.2 Å². The predicted octanol–water partition coefficient (Wildman–Crippen LogP) is 0.200. The number of rotatable bonds is 6. The summed E-state index contributed by atoms with van der Waals surface area (Å²) in [5, 5.41) is 2.68. The van der Waals surface area contributed by atoms with Crippen LogP contribution in [0.3, 0.4) is 0 Å². The number of benzene rings is 1. The monoisotopic (exact) mass is 307 g/mol. The maximum absolute atomic E-state index is 11.9. The largest absolute Gasteiger partial charge is 0.493 e. The number of amides is 3. The molecule has 1 aromatic carbocycles. The molecule has 0 saturated carbocycles. The van der Waals surface area contributed by atoms with Gasteiger partial charge in [0.15, 0.2) is 11.5 Å². The fraction of sp³-hybridized carbons (Fsp3) is 0.357. The van der Waals surface area contributed by atoms with Crippen LogP contribution in [0.1, 0.15) is 12.8 Å². The van der Waals surface area contributed by atoms with E-state index in [1.165, 1.54) is 14.2 Å². The smallest absolute Gasteiger partial charge is 0.251 e. The zero-order valence-corrected chi connectivity index (χ0v) is 12.3. The number of ether oxygens (including phenoxy) is 2. The standard InChI is InChI=1S/C14H17N3O5/c1-21-10-5-3-8(7-11(10)22-2)15-12(18)6-4-9-13(19)16-17-14(9)20/h3,5,7,9H,4,6H2,1-2H3,(H,15,18)(H,16,19)(H,17,20). The van der Waals surface area contributed by atoms with E-state index >= 15 is 0 Å². The van der Waals surface area contributed by atoms with Gasteiger partial charge in [-0.1, -0.05) is 0 Å². The van der Waals surface area contributed by atoms with Crippen LogP contribution < -0.4 is 25.6 Å². The molecule has 118 valence electrons. The van der Waals surface area contributed by atoms with Gasteiger partial charge < -0.3 is 14.8 Å². The highest BCUT2D eigenvalue weighted by molar-refractivity contribution is 6.05. The molecule has 0 atom stereocenters. The molecule has 8 heteroatoms. The van der Waals surface area contributed by atoms with Crippen molar-refractivity contribution in [2.45, 2.75) is 12.8 Å². The Morgan fingerprint density at radius 1 is 1.14 bits per heavy atom. The van der Waals surface area contributed by atoms with Crippen molar-refractivity contribution in [3.8, 4) is 11.5 Å². The van der Waals surface area contributed by atoms with Crippen LogP contribution in [-0.2, 0) is 14.4 Å². The van der Waals surface area contributed by atoms with Gasteiger partial charge >= 0.3 is 0 Å². The SMILES string of the molecule is COc1ccc(NC(=O)CCC2C(=O)NNC2=O)cc1OC. The third-order valence-corrected chi connectivity index (χ3v) is 3.27. The molecule has 0 aromatic heterocycles. The van der Waals surface area contributed by atoms with E-state index in [-0.39, 0.29) is 18.7 Å². The summed E-state index contributed by atoms with van der Waals surface area (Å²) in [6, 6.07) is 4.98. The summed E-state index contributed by atoms with van der Waals surface area (Å²) in [7, 11) is 3.02. The molecule has 2 rings (SSSR count). The Kier molecular flexibility index (Phi) is 4.82. The highest BCUT2D eigenvalue weighted by Crippen LogP contribution is 2.29. The minimum Gasteiger partial charge on any atom is -0.493 e. The van der Waals surface area contributed by atoms with Crippen molar-refractivity contribution in [3.63, 3.8) is 0 Å². The van der Waals surface area contributed by atoms with Crippen LogP contribution in [0.4, 0.5) is 5.69 Å².